The average Bonchev–Trinajstić information content (AvgIpc) is 2.92. The van der Waals surface area contributed by atoms with Crippen molar-refractivity contribution >= 4 is 15.8 Å². The fraction of sp³-hybridized carbons (Fsp3) is 0.500. The molecule has 0 atom stereocenters. The Morgan fingerprint density at radius 1 is 1.50 bits per heavy atom. The van der Waals surface area contributed by atoms with Crippen molar-refractivity contribution in [3.8, 4) is 5.75 Å². The van der Waals surface area contributed by atoms with Gasteiger partial charge in [-0.3, -0.25) is 4.72 Å². The molecule has 0 saturated heterocycles. The summed E-state index contributed by atoms with van der Waals surface area (Å²) in [6.45, 7) is 1.87. The maximum Gasteiger partial charge on any atom is 0.231 e. The minimum absolute atomic E-state index is 0.211. The van der Waals surface area contributed by atoms with E-state index < -0.39 is 10.0 Å². The first-order valence-electron chi connectivity index (χ1n) is 5.06. The summed E-state index contributed by atoms with van der Waals surface area (Å²) in [5.41, 5.74) is 0.882. The van der Waals surface area contributed by atoms with E-state index in [1.807, 2.05) is 6.92 Å². The Morgan fingerprint density at radius 3 is 2.75 bits per heavy atom. The summed E-state index contributed by atoms with van der Waals surface area (Å²) in [5, 5.41) is 0. The molecule has 1 aliphatic carbocycles. The lowest BCUT2D eigenvalue weighted by molar-refractivity contribution is 0.302. The second-order valence-corrected chi connectivity index (χ2v) is 5.75. The lowest BCUT2D eigenvalue weighted by Crippen LogP contribution is -2.13. The minimum atomic E-state index is -3.32. The number of hydrogen-bond acceptors (Lipinski definition) is 4. The molecule has 1 aromatic heterocycles. The molecule has 1 N–H and O–H groups in total. The summed E-state index contributed by atoms with van der Waals surface area (Å²) in [6, 6.07) is 1.80. The van der Waals surface area contributed by atoms with Crippen molar-refractivity contribution in [2.75, 3.05) is 11.0 Å². The van der Waals surface area contributed by atoms with Crippen LogP contribution < -0.4 is 9.46 Å². The minimum Gasteiger partial charge on any atom is -0.486 e. The van der Waals surface area contributed by atoms with Crippen LogP contribution in [0.1, 0.15) is 18.4 Å². The summed E-state index contributed by atoms with van der Waals surface area (Å²) in [6.07, 6.45) is 4.91. The van der Waals surface area contributed by atoms with Crippen LogP contribution in [0.2, 0.25) is 0 Å². The van der Waals surface area contributed by atoms with E-state index in [1.165, 1.54) is 0 Å². The molecular formula is C10H14N2O3S. The van der Waals surface area contributed by atoms with Gasteiger partial charge in [0.25, 0.3) is 0 Å². The van der Waals surface area contributed by atoms with E-state index in [1.54, 1.807) is 12.3 Å². The lowest BCUT2D eigenvalue weighted by atomic mass is 10.2. The molecule has 16 heavy (non-hydrogen) atoms. The van der Waals surface area contributed by atoms with Crippen LogP contribution in [0.3, 0.4) is 0 Å². The number of hydrogen-bond donors (Lipinski definition) is 1. The molecule has 0 radical (unpaired) electrons. The van der Waals surface area contributed by atoms with Crippen molar-refractivity contribution in [3.63, 3.8) is 0 Å². The molecule has 0 aliphatic heterocycles. The Bertz CT molecular complexity index is 495. The molecule has 0 unspecified atom stereocenters. The highest BCUT2D eigenvalue weighted by Crippen LogP contribution is 2.33. The Morgan fingerprint density at radius 2 is 2.19 bits per heavy atom. The summed E-state index contributed by atoms with van der Waals surface area (Å²) in [4.78, 5) is 3.99. The molecule has 2 rings (SSSR count). The Hall–Kier alpha value is -1.30. The fourth-order valence-corrected chi connectivity index (χ4v) is 1.79. The zero-order chi connectivity index (χ0) is 11.8. The van der Waals surface area contributed by atoms with E-state index in [2.05, 4.69) is 9.71 Å². The van der Waals surface area contributed by atoms with Crippen LogP contribution in [0, 0.1) is 6.92 Å². The third-order valence-corrected chi connectivity index (χ3v) is 2.76. The Kier molecular flexibility index (Phi) is 2.75. The largest absolute Gasteiger partial charge is 0.486 e. The normalized spacial score (nSPS) is 15.9. The van der Waals surface area contributed by atoms with E-state index >= 15 is 0 Å². The molecule has 0 amide bonds. The summed E-state index contributed by atoms with van der Waals surface area (Å²) in [5.74, 6) is 0.810. The van der Waals surface area contributed by atoms with E-state index in [4.69, 9.17) is 4.74 Å². The van der Waals surface area contributed by atoms with E-state index in [0.717, 1.165) is 24.7 Å². The molecule has 0 bridgehead atoms. The van der Waals surface area contributed by atoms with Gasteiger partial charge in [-0.05, 0) is 31.4 Å². The topological polar surface area (TPSA) is 68.3 Å². The van der Waals surface area contributed by atoms with Crippen molar-refractivity contribution in [2.24, 2.45) is 0 Å². The molecule has 1 saturated carbocycles. The van der Waals surface area contributed by atoms with Gasteiger partial charge in [-0.25, -0.2) is 13.4 Å². The molecule has 1 aliphatic rings. The van der Waals surface area contributed by atoms with Gasteiger partial charge in [0.05, 0.1) is 12.4 Å². The predicted octanol–water partition coefficient (Wildman–Crippen LogP) is 1.30. The smallest absolute Gasteiger partial charge is 0.231 e. The third kappa shape index (κ3) is 2.85. The first-order chi connectivity index (χ1) is 7.46. The standard InChI is InChI=1S/C10H14N2O3S/c1-7-5-6-11-10(12-16(2,13)14)9(7)15-8-3-4-8/h5-6,8H,3-4H2,1-2H3,(H,11,12). The number of rotatable bonds is 4. The second-order valence-electron chi connectivity index (χ2n) is 4.00. The molecule has 0 aromatic carbocycles. The van der Waals surface area contributed by atoms with Crippen molar-refractivity contribution in [1.82, 2.24) is 4.98 Å². The highest BCUT2D eigenvalue weighted by Gasteiger charge is 2.26. The van der Waals surface area contributed by atoms with Crippen molar-refractivity contribution in [2.45, 2.75) is 25.9 Å². The second kappa shape index (κ2) is 3.93. The monoisotopic (exact) mass is 242 g/mol. The number of nitrogens with one attached hydrogen (secondary N) is 1. The number of aromatic nitrogens is 1. The van der Waals surface area contributed by atoms with Crippen LogP contribution in [-0.2, 0) is 10.0 Å². The van der Waals surface area contributed by atoms with Gasteiger partial charge in [-0.2, -0.15) is 0 Å². The number of anilines is 1. The number of pyridine rings is 1. The van der Waals surface area contributed by atoms with Crippen LogP contribution in [0.4, 0.5) is 5.82 Å². The quantitative estimate of drug-likeness (QED) is 0.864. The van der Waals surface area contributed by atoms with Gasteiger partial charge >= 0.3 is 0 Å². The zero-order valence-electron chi connectivity index (χ0n) is 9.23. The summed E-state index contributed by atoms with van der Waals surface area (Å²) >= 11 is 0. The first-order valence-corrected chi connectivity index (χ1v) is 6.95. The molecular weight excluding hydrogens is 228 g/mol. The predicted molar refractivity (Wildman–Crippen MR) is 61.1 cm³/mol. The van der Waals surface area contributed by atoms with Crippen LogP contribution in [0.25, 0.3) is 0 Å². The Labute approximate surface area is 94.9 Å². The zero-order valence-corrected chi connectivity index (χ0v) is 10.0. The number of aryl methyl sites for hydroxylation is 1. The number of ether oxygens (including phenoxy) is 1. The van der Waals surface area contributed by atoms with Crippen molar-refractivity contribution in [1.29, 1.82) is 0 Å². The molecule has 1 fully saturated rings. The van der Waals surface area contributed by atoms with E-state index in [9.17, 15) is 8.42 Å². The van der Waals surface area contributed by atoms with Gasteiger partial charge < -0.3 is 4.74 Å². The number of sulfonamides is 1. The molecule has 5 nitrogen and oxygen atoms in total. The third-order valence-electron chi connectivity index (χ3n) is 2.19. The SMILES string of the molecule is Cc1ccnc(NS(C)(=O)=O)c1OC1CC1. The van der Waals surface area contributed by atoms with Crippen LogP contribution in [0.15, 0.2) is 12.3 Å². The molecule has 0 spiro atoms. The van der Waals surface area contributed by atoms with Crippen molar-refractivity contribution in [3.05, 3.63) is 17.8 Å². The highest BCUT2D eigenvalue weighted by atomic mass is 32.2. The maximum absolute atomic E-state index is 11.2. The molecule has 88 valence electrons. The van der Waals surface area contributed by atoms with E-state index in [-0.39, 0.29) is 11.9 Å². The Balaban J connectivity index is 2.31. The van der Waals surface area contributed by atoms with Gasteiger partial charge in [-0.15, -0.1) is 0 Å². The van der Waals surface area contributed by atoms with Gasteiger partial charge in [0.1, 0.15) is 0 Å². The summed E-state index contributed by atoms with van der Waals surface area (Å²) < 4.78 is 30.3. The average molecular weight is 242 g/mol. The molecule has 1 aromatic rings. The fourth-order valence-electron chi connectivity index (χ4n) is 1.29. The van der Waals surface area contributed by atoms with Crippen LogP contribution >= 0.6 is 0 Å². The summed E-state index contributed by atoms with van der Waals surface area (Å²) in [7, 11) is -3.32. The van der Waals surface area contributed by atoms with Gasteiger partial charge in [0.2, 0.25) is 10.0 Å². The lowest BCUT2D eigenvalue weighted by Gasteiger charge is -2.12. The molecule has 1 heterocycles. The van der Waals surface area contributed by atoms with Crippen LogP contribution in [-0.4, -0.2) is 25.8 Å². The maximum atomic E-state index is 11.2. The van der Waals surface area contributed by atoms with Gasteiger partial charge in [-0.1, -0.05) is 0 Å². The molecule has 6 heteroatoms. The highest BCUT2D eigenvalue weighted by molar-refractivity contribution is 7.92. The van der Waals surface area contributed by atoms with Crippen LogP contribution in [0.5, 0.6) is 5.75 Å². The van der Waals surface area contributed by atoms with Crippen molar-refractivity contribution < 1.29 is 13.2 Å². The van der Waals surface area contributed by atoms with Gasteiger partial charge in [0.15, 0.2) is 11.6 Å². The first kappa shape index (κ1) is 11.2. The van der Waals surface area contributed by atoms with E-state index in [0.29, 0.717) is 5.75 Å². The number of nitrogens with zero attached hydrogens (tertiary/aromatic N) is 1. The van der Waals surface area contributed by atoms with Gasteiger partial charge in [0, 0.05) is 6.20 Å².